The Morgan fingerprint density at radius 1 is 1.15 bits per heavy atom. The van der Waals surface area contributed by atoms with E-state index in [4.69, 9.17) is 0 Å². The zero-order valence-electron chi connectivity index (χ0n) is 18.8. The van der Waals surface area contributed by atoms with Crippen LogP contribution in [0.4, 0.5) is 4.39 Å². The van der Waals surface area contributed by atoms with Crippen LogP contribution in [0.15, 0.2) is 48.7 Å². The second kappa shape index (κ2) is 8.65. The van der Waals surface area contributed by atoms with E-state index in [0.29, 0.717) is 12.3 Å². The summed E-state index contributed by atoms with van der Waals surface area (Å²) in [7, 11) is 1.88. The Morgan fingerprint density at radius 2 is 1.91 bits per heavy atom. The van der Waals surface area contributed by atoms with Gasteiger partial charge < -0.3 is 14.4 Å². The van der Waals surface area contributed by atoms with Gasteiger partial charge in [0.1, 0.15) is 5.82 Å². The van der Waals surface area contributed by atoms with Gasteiger partial charge >= 0.3 is 5.97 Å². The van der Waals surface area contributed by atoms with E-state index in [-0.39, 0.29) is 30.1 Å². The summed E-state index contributed by atoms with van der Waals surface area (Å²) in [6, 6.07) is 12.3. The highest BCUT2D eigenvalue weighted by Gasteiger charge is 2.36. The van der Waals surface area contributed by atoms with Crippen molar-refractivity contribution in [2.45, 2.75) is 56.9 Å². The first-order valence-corrected chi connectivity index (χ1v) is 11.8. The number of fused-ring (bicyclic) bond motifs is 3. The molecule has 1 saturated carbocycles. The maximum Gasteiger partial charge on any atom is 0.307 e. The molecule has 1 unspecified atom stereocenters. The van der Waals surface area contributed by atoms with E-state index >= 15 is 0 Å². The highest BCUT2D eigenvalue weighted by atomic mass is 19.1. The van der Waals surface area contributed by atoms with Gasteiger partial charge in [0, 0.05) is 36.9 Å². The van der Waals surface area contributed by atoms with Gasteiger partial charge in [0.15, 0.2) is 0 Å². The van der Waals surface area contributed by atoms with Gasteiger partial charge in [-0.3, -0.25) is 9.59 Å². The summed E-state index contributed by atoms with van der Waals surface area (Å²) in [4.78, 5) is 27.0. The van der Waals surface area contributed by atoms with Gasteiger partial charge in [-0.1, -0.05) is 31.0 Å². The number of carbonyl (C=O) groups excluding carboxylic acids is 1. The normalized spacial score (nSPS) is 18.7. The van der Waals surface area contributed by atoms with E-state index in [1.54, 1.807) is 12.1 Å². The molecule has 5 rings (SSSR count). The molecule has 1 aromatic carbocycles. The molecule has 5 nitrogen and oxygen atoms in total. The lowest BCUT2D eigenvalue weighted by atomic mass is 9.87. The Bertz CT molecular complexity index is 1200. The molecule has 2 heterocycles. The summed E-state index contributed by atoms with van der Waals surface area (Å²) in [5.74, 6) is -0.708. The largest absolute Gasteiger partial charge is 0.481 e. The molecule has 6 heteroatoms. The molecule has 1 fully saturated rings. The van der Waals surface area contributed by atoms with Crippen molar-refractivity contribution in [1.29, 1.82) is 0 Å². The summed E-state index contributed by atoms with van der Waals surface area (Å²) < 4.78 is 15.6. The first kappa shape index (κ1) is 21.7. The number of rotatable bonds is 7. The minimum absolute atomic E-state index is 0.0102. The predicted octanol–water partition coefficient (Wildman–Crippen LogP) is 4.61. The fourth-order valence-electron chi connectivity index (χ4n) is 5.42. The molecule has 2 aliphatic rings. The first-order valence-electron chi connectivity index (χ1n) is 11.8. The van der Waals surface area contributed by atoms with Gasteiger partial charge in [0.2, 0.25) is 5.91 Å². The summed E-state index contributed by atoms with van der Waals surface area (Å²) in [6.45, 7) is 0. The van der Waals surface area contributed by atoms with E-state index in [2.05, 4.69) is 4.40 Å². The van der Waals surface area contributed by atoms with Crippen molar-refractivity contribution in [3.05, 3.63) is 76.9 Å². The summed E-state index contributed by atoms with van der Waals surface area (Å²) >= 11 is 0. The Balaban J connectivity index is 1.42. The number of carboxylic acid groups (broad SMARTS) is 1. The Kier molecular flexibility index (Phi) is 5.69. The van der Waals surface area contributed by atoms with Crippen LogP contribution in [0.1, 0.15) is 54.0 Å². The first-order chi connectivity index (χ1) is 15.9. The number of nitrogens with zero attached hydrogens (tertiary/aromatic N) is 2. The molecule has 0 saturated heterocycles. The second-order valence-electron chi connectivity index (χ2n) is 9.56. The van der Waals surface area contributed by atoms with Crippen molar-refractivity contribution < 1.29 is 19.1 Å². The molecule has 2 aliphatic carbocycles. The molecule has 1 amide bonds. The van der Waals surface area contributed by atoms with E-state index in [1.165, 1.54) is 12.1 Å². The number of benzene rings is 1. The molecule has 33 heavy (non-hydrogen) atoms. The fourth-order valence-corrected chi connectivity index (χ4v) is 5.42. The zero-order valence-corrected chi connectivity index (χ0v) is 18.8. The SMILES string of the molecule is CN(C(=O)C(CC1CC1)c1ccc(F)cc1)[C@@H]1CCc2c(CC(=O)O)c3ccccn3c2C1. The standard InChI is InChI=1S/C27H29FN2O3/c1-29(27(33)22(14-17-5-6-17)18-7-9-19(28)10-8-18)20-11-12-21-23(16-26(31)32)24-4-2-3-13-30(24)25(21)15-20/h2-4,7-10,13,17,20,22H,5-6,11-12,14-16H2,1H3,(H,31,32)/t20-,22?/m1/s1. The van der Waals surface area contributed by atoms with Crippen LogP contribution in [0.2, 0.25) is 0 Å². The third-order valence-corrected chi connectivity index (χ3v) is 7.39. The third-order valence-electron chi connectivity index (χ3n) is 7.39. The van der Waals surface area contributed by atoms with Gasteiger partial charge in [-0.05, 0) is 66.1 Å². The lowest BCUT2D eigenvalue weighted by molar-refractivity contribution is -0.136. The van der Waals surface area contributed by atoms with Gasteiger partial charge in [-0.2, -0.15) is 0 Å². The van der Waals surface area contributed by atoms with Crippen LogP contribution in [0.25, 0.3) is 5.52 Å². The summed E-state index contributed by atoms with van der Waals surface area (Å²) in [5.41, 5.74) is 4.95. The number of pyridine rings is 1. The molecule has 0 bridgehead atoms. The Morgan fingerprint density at radius 3 is 2.61 bits per heavy atom. The predicted molar refractivity (Wildman–Crippen MR) is 124 cm³/mol. The van der Waals surface area contributed by atoms with Gasteiger partial charge in [-0.15, -0.1) is 0 Å². The van der Waals surface area contributed by atoms with Crippen LogP contribution >= 0.6 is 0 Å². The molecule has 172 valence electrons. The van der Waals surface area contributed by atoms with Crippen molar-refractivity contribution in [3.8, 4) is 0 Å². The number of carboxylic acids is 1. The molecule has 2 aromatic heterocycles. The number of amides is 1. The summed E-state index contributed by atoms with van der Waals surface area (Å²) in [5, 5.41) is 9.44. The average Bonchev–Trinajstić information content (AvgIpc) is 3.60. The van der Waals surface area contributed by atoms with Crippen molar-refractivity contribution >= 4 is 17.4 Å². The minimum atomic E-state index is -0.828. The number of hydrogen-bond donors (Lipinski definition) is 1. The van der Waals surface area contributed by atoms with Crippen LogP contribution < -0.4 is 0 Å². The molecule has 2 atom stereocenters. The maximum atomic E-state index is 13.7. The number of halogens is 1. The molecular weight excluding hydrogens is 419 g/mol. The van der Waals surface area contributed by atoms with Crippen LogP contribution in [-0.2, 0) is 28.9 Å². The smallest absolute Gasteiger partial charge is 0.307 e. The van der Waals surface area contributed by atoms with Crippen molar-refractivity contribution in [3.63, 3.8) is 0 Å². The molecule has 0 radical (unpaired) electrons. The van der Waals surface area contributed by atoms with Gasteiger partial charge in [0.05, 0.1) is 12.3 Å². The zero-order chi connectivity index (χ0) is 23.1. The van der Waals surface area contributed by atoms with Crippen LogP contribution in [-0.4, -0.2) is 39.4 Å². The van der Waals surface area contributed by atoms with Crippen molar-refractivity contribution in [1.82, 2.24) is 9.30 Å². The van der Waals surface area contributed by atoms with E-state index in [9.17, 15) is 19.1 Å². The molecule has 1 N–H and O–H groups in total. The monoisotopic (exact) mass is 448 g/mol. The van der Waals surface area contributed by atoms with Crippen LogP contribution in [0.5, 0.6) is 0 Å². The quantitative estimate of drug-likeness (QED) is 0.574. The van der Waals surface area contributed by atoms with Crippen molar-refractivity contribution in [2.75, 3.05) is 7.05 Å². The number of carbonyl (C=O) groups is 2. The molecular formula is C27H29FN2O3. The fraction of sp³-hybridized carbons (Fsp3) is 0.407. The highest BCUT2D eigenvalue weighted by Crippen LogP contribution is 2.40. The number of aliphatic carboxylic acids is 1. The minimum Gasteiger partial charge on any atom is -0.481 e. The van der Waals surface area contributed by atoms with Gasteiger partial charge in [-0.25, -0.2) is 4.39 Å². The van der Waals surface area contributed by atoms with E-state index in [0.717, 1.165) is 60.0 Å². The Labute approximate surface area is 192 Å². The maximum absolute atomic E-state index is 13.7. The number of likely N-dealkylation sites (N-methyl/N-ethyl adjacent to an activating group) is 1. The lowest BCUT2D eigenvalue weighted by Gasteiger charge is -2.34. The topological polar surface area (TPSA) is 62.0 Å². The molecule has 0 aliphatic heterocycles. The molecule has 3 aromatic rings. The number of aromatic nitrogens is 1. The van der Waals surface area contributed by atoms with Crippen molar-refractivity contribution in [2.24, 2.45) is 5.92 Å². The summed E-state index contributed by atoms with van der Waals surface area (Å²) in [6.07, 6.45) is 7.37. The van der Waals surface area contributed by atoms with Crippen LogP contribution in [0, 0.1) is 11.7 Å². The third kappa shape index (κ3) is 4.26. The number of hydrogen-bond acceptors (Lipinski definition) is 2. The van der Waals surface area contributed by atoms with Gasteiger partial charge in [0.25, 0.3) is 0 Å². The van der Waals surface area contributed by atoms with E-state index < -0.39 is 5.97 Å². The average molecular weight is 449 g/mol. The van der Waals surface area contributed by atoms with E-state index in [1.807, 2.05) is 36.3 Å². The highest BCUT2D eigenvalue weighted by molar-refractivity contribution is 5.84. The van der Waals surface area contributed by atoms with Crippen LogP contribution in [0.3, 0.4) is 0 Å². The molecule has 0 spiro atoms. The lowest BCUT2D eigenvalue weighted by Crippen LogP contribution is -2.43. The Hall–Kier alpha value is -3.15. The second-order valence-corrected chi connectivity index (χ2v) is 9.56.